The van der Waals surface area contributed by atoms with Crippen molar-refractivity contribution in [3.05, 3.63) is 51.6 Å². The van der Waals surface area contributed by atoms with Gasteiger partial charge in [-0.2, -0.15) is 0 Å². The normalized spacial score (nSPS) is 18.5. The Hall–Kier alpha value is -3.20. The van der Waals surface area contributed by atoms with Crippen LogP contribution in [0.1, 0.15) is 33.6 Å². The highest BCUT2D eigenvalue weighted by Gasteiger charge is 2.33. The number of aromatic nitrogens is 1. The molecule has 0 spiro atoms. The Morgan fingerprint density at radius 3 is 2.85 bits per heavy atom. The largest absolute Gasteiger partial charge is 0.489 e. The Bertz CT molecular complexity index is 1010. The molecule has 1 aromatic heterocycles. The number of hydrogen-bond acceptors (Lipinski definition) is 6. The van der Waals surface area contributed by atoms with Gasteiger partial charge in [0.25, 0.3) is 17.4 Å². The van der Waals surface area contributed by atoms with Gasteiger partial charge in [0.05, 0.1) is 17.2 Å². The minimum absolute atomic E-state index is 0.0870. The van der Waals surface area contributed by atoms with Gasteiger partial charge in [0, 0.05) is 12.7 Å². The van der Waals surface area contributed by atoms with Crippen LogP contribution in [0, 0.1) is 5.82 Å². The number of fused-ring (bicyclic) bond motifs is 1. The number of ether oxygens (including phenoxy) is 2. The molecule has 3 N–H and O–H groups in total. The summed E-state index contributed by atoms with van der Waals surface area (Å²) in [5.41, 5.74) is 4.73. The van der Waals surface area contributed by atoms with E-state index < -0.39 is 23.2 Å². The molecule has 1 atom stereocenters. The van der Waals surface area contributed by atoms with E-state index in [1.807, 2.05) is 0 Å². The van der Waals surface area contributed by atoms with Crippen molar-refractivity contribution in [2.24, 2.45) is 0 Å². The number of amides is 2. The van der Waals surface area contributed by atoms with Crippen molar-refractivity contribution >= 4 is 17.6 Å². The van der Waals surface area contributed by atoms with E-state index in [-0.39, 0.29) is 41.1 Å². The van der Waals surface area contributed by atoms with Crippen LogP contribution >= 0.6 is 0 Å². The van der Waals surface area contributed by atoms with Gasteiger partial charge in [-0.15, -0.1) is 0 Å². The summed E-state index contributed by atoms with van der Waals surface area (Å²) in [6, 6.07) is 5.05. The molecule has 1 unspecified atom stereocenters. The number of pyridine rings is 1. The van der Waals surface area contributed by atoms with E-state index in [4.69, 9.17) is 15.2 Å². The van der Waals surface area contributed by atoms with Gasteiger partial charge in [-0.25, -0.2) is 4.39 Å². The van der Waals surface area contributed by atoms with Crippen LogP contribution in [0.15, 0.2) is 29.1 Å². The van der Waals surface area contributed by atoms with Crippen molar-refractivity contribution in [2.45, 2.75) is 18.9 Å². The minimum atomic E-state index is -0.752. The number of para-hydroxylation sites is 1. The molecule has 3 heterocycles. The molecule has 1 fully saturated rings. The number of hydrogen-bond donors (Lipinski definition) is 2. The van der Waals surface area contributed by atoms with Crippen LogP contribution in [-0.4, -0.2) is 35.7 Å². The summed E-state index contributed by atoms with van der Waals surface area (Å²) in [4.78, 5) is 36.3. The summed E-state index contributed by atoms with van der Waals surface area (Å²) in [7, 11) is 0. The summed E-state index contributed by atoms with van der Waals surface area (Å²) in [6.45, 7) is 0.833. The quantitative estimate of drug-likeness (QED) is 0.773. The standard InChI is InChI=1S/C18H16FN3O5/c19-11-4-1-5-12(27-8-9-3-2-6-26-9)15(11)22-13(23)7-10-14(16(22)20)18(25)21-17(10)24/h1,4-5,7,9H,2-3,6,8,20H2,(H,21,24,25). The molecule has 4 rings (SSSR count). The van der Waals surface area contributed by atoms with Crippen LogP contribution < -0.4 is 21.3 Å². The predicted molar refractivity (Wildman–Crippen MR) is 92.7 cm³/mol. The van der Waals surface area contributed by atoms with E-state index in [0.717, 1.165) is 29.5 Å². The molecule has 1 aromatic carbocycles. The number of imide groups is 1. The number of carbonyl (C=O) groups is 2. The average molecular weight is 373 g/mol. The van der Waals surface area contributed by atoms with Crippen molar-refractivity contribution in [3.8, 4) is 11.4 Å². The molecule has 27 heavy (non-hydrogen) atoms. The van der Waals surface area contributed by atoms with Crippen LogP contribution in [0.4, 0.5) is 10.2 Å². The smallest absolute Gasteiger partial charge is 0.262 e. The van der Waals surface area contributed by atoms with Crippen LogP contribution in [0.25, 0.3) is 5.69 Å². The molecule has 9 heteroatoms. The Kier molecular flexibility index (Phi) is 4.15. The molecule has 2 amide bonds. The maximum atomic E-state index is 14.6. The number of halogens is 1. The number of benzene rings is 1. The Morgan fingerprint density at radius 2 is 2.11 bits per heavy atom. The molecule has 2 aliphatic heterocycles. The average Bonchev–Trinajstić information content (AvgIpc) is 3.23. The highest BCUT2D eigenvalue weighted by Crippen LogP contribution is 2.30. The Labute approximate surface area is 152 Å². The molecule has 0 aliphatic carbocycles. The second-order valence-corrected chi connectivity index (χ2v) is 6.31. The highest BCUT2D eigenvalue weighted by atomic mass is 19.1. The lowest BCUT2D eigenvalue weighted by Gasteiger charge is -2.18. The lowest BCUT2D eigenvalue weighted by molar-refractivity contribution is 0.0678. The number of nitrogens with one attached hydrogen (secondary N) is 1. The van der Waals surface area contributed by atoms with Gasteiger partial charge in [-0.05, 0) is 25.0 Å². The minimum Gasteiger partial charge on any atom is -0.489 e. The number of nitrogen functional groups attached to an aromatic ring is 1. The Morgan fingerprint density at radius 1 is 1.30 bits per heavy atom. The third kappa shape index (κ3) is 2.85. The number of rotatable bonds is 4. The van der Waals surface area contributed by atoms with Crippen molar-refractivity contribution < 1.29 is 23.5 Å². The van der Waals surface area contributed by atoms with Crippen LogP contribution in [-0.2, 0) is 4.74 Å². The maximum Gasteiger partial charge on any atom is 0.262 e. The number of anilines is 1. The van der Waals surface area contributed by atoms with Gasteiger partial charge in [0.2, 0.25) is 0 Å². The topological polar surface area (TPSA) is 113 Å². The molecule has 1 saturated heterocycles. The maximum absolute atomic E-state index is 14.6. The molecular formula is C18H16FN3O5. The molecule has 2 aliphatic rings. The molecule has 0 saturated carbocycles. The fraction of sp³-hybridized carbons (Fsp3) is 0.278. The van der Waals surface area contributed by atoms with Crippen LogP contribution in [0.5, 0.6) is 5.75 Å². The lowest BCUT2D eigenvalue weighted by atomic mass is 10.1. The van der Waals surface area contributed by atoms with E-state index in [1.54, 1.807) is 0 Å². The number of nitrogens with zero attached hydrogens (tertiary/aromatic N) is 1. The molecule has 140 valence electrons. The highest BCUT2D eigenvalue weighted by molar-refractivity contribution is 6.23. The fourth-order valence-electron chi connectivity index (χ4n) is 3.30. The zero-order chi connectivity index (χ0) is 19.1. The SMILES string of the molecule is Nc1c2c(cc(=O)n1-c1c(F)cccc1OCC1CCCO1)C(=O)NC2=O. The van der Waals surface area contributed by atoms with Crippen molar-refractivity contribution in [1.29, 1.82) is 0 Å². The first-order valence-corrected chi connectivity index (χ1v) is 8.42. The third-order valence-corrected chi connectivity index (χ3v) is 4.58. The van der Waals surface area contributed by atoms with E-state index in [9.17, 15) is 18.8 Å². The molecule has 0 radical (unpaired) electrons. The van der Waals surface area contributed by atoms with E-state index in [1.165, 1.54) is 12.1 Å². The van der Waals surface area contributed by atoms with Gasteiger partial charge in [-0.1, -0.05) is 6.07 Å². The van der Waals surface area contributed by atoms with Gasteiger partial charge >= 0.3 is 0 Å². The van der Waals surface area contributed by atoms with E-state index in [2.05, 4.69) is 5.32 Å². The van der Waals surface area contributed by atoms with Gasteiger partial charge < -0.3 is 15.2 Å². The van der Waals surface area contributed by atoms with E-state index in [0.29, 0.717) is 6.61 Å². The number of carbonyl (C=O) groups excluding carboxylic acids is 2. The lowest BCUT2D eigenvalue weighted by Crippen LogP contribution is -2.26. The zero-order valence-electron chi connectivity index (χ0n) is 14.2. The second kappa shape index (κ2) is 6.51. The third-order valence-electron chi connectivity index (χ3n) is 4.58. The van der Waals surface area contributed by atoms with E-state index >= 15 is 0 Å². The molecule has 8 nitrogen and oxygen atoms in total. The summed E-state index contributed by atoms with van der Waals surface area (Å²) in [5.74, 6) is -2.44. The first kappa shape index (κ1) is 17.2. The fourth-order valence-corrected chi connectivity index (χ4v) is 3.30. The molecular weight excluding hydrogens is 357 g/mol. The Balaban J connectivity index is 1.82. The number of nitrogens with two attached hydrogens (primary N) is 1. The van der Waals surface area contributed by atoms with Crippen molar-refractivity contribution in [3.63, 3.8) is 0 Å². The monoisotopic (exact) mass is 373 g/mol. The van der Waals surface area contributed by atoms with Gasteiger partial charge in [0.15, 0.2) is 5.82 Å². The predicted octanol–water partition coefficient (Wildman–Crippen LogP) is 1.00. The van der Waals surface area contributed by atoms with Crippen LogP contribution in [0.2, 0.25) is 0 Å². The molecule has 0 bridgehead atoms. The second-order valence-electron chi connectivity index (χ2n) is 6.31. The van der Waals surface area contributed by atoms with Crippen LogP contribution in [0.3, 0.4) is 0 Å². The van der Waals surface area contributed by atoms with Gasteiger partial charge in [0.1, 0.15) is 23.9 Å². The zero-order valence-corrected chi connectivity index (χ0v) is 14.2. The summed E-state index contributed by atoms with van der Waals surface area (Å²) < 4.78 is 26.6. The van der Waals surface area contributed by atoms with Crippen molar-refractivity contribution in [2.75, 3.05) is 18.9 Å². The van der Waals surface area contributed by atoms with Crippen molar-refractivity contribution in [1.82, 2.24) is 9.88 Å². The first-order valence-electron chi connectivity index (χ1n) is 8.42. The molecule has 2 aromatic rings. The van der Waals surface area contributed by atoms with Gasteiger partial charge in [-0.3, -0.25) is 24.3 Å². The summed E-state index contributed by atoms with van der Waals surface area (Å²) in [6.07, 6.45) is 1.64. The first-order chi connectivity index (χ1) is 13.0. The summed E-state index contributed by atoms with van der Waals surface area (Å²) >= 11 is 0. The summed E-state index contributed by atoms with van der Waals surface area (Å²) in [5, 5.41) is 2.07.